The van der Waals surface area contributed by atoms with Crippen LogP contribution in [0, 0.1) is 0 Å². The van der Waals surface area contributed by atoms with Crippen molar-refractivity contribution in [2.45, 2.75) is 264 Å². The Morgan fingerprint density at radius 3 is 0.943 bits per heavy atom. The lowest BCUT2D eigenvalue weighted by Crippen LogP contribution is -2.30. The molecule has 0 N–H and O–H groups in total. The van der Waals surface area contributed by atoms with Crippen LogP contribution in [0.1, 0.15) is 258 Å². The molecule has 0 radical (unpaired) electrons. The van der Waals surface area contributed by atoms with Crippen molar-refractivity contribution in [2.75, 3.05) is 13.2 Å². The normalized spacial score (nSPS) is 12.9. The standard InChI is InChI=1S/C64H106O6/c1-4-7-10-13-16-19-22-23-24-25-26-27-28-29-30-31-32-33-34-35-36-37-38-39-40-41-43-45-48-51-54-57-63(66)69-60-61(59-68-62(65)56-53-50-47-44-21-18-15-12-9-6-3)70-64(67)58-55-52-49-46-42-20-17-14-11-8-5-2/h7,10,12,14-17,19,23-24,26-27,29-30,32-33,35-36,61H,4-6,8-9,11,13,18,20-22,25,28,31,34,37-60H2,1-3H3/b10-7-,15-12-,17-14-,19-16-,24-23-,27-26-,30-29-,33-32-,36-35-. The van der Waals surface area contributed by atoms with E-state index in [1.165, 1.54) is 77.0 Å². The number of allylic oxidation sites excluding steroid dienone is 18. The first-order valence-electron chi connectivity index (χ1n) is 28.9. The van der Waals surface area contributed by atoms with Gasteiger partial charge in [0.15, 0.2) is 6.10 Å². The molecule has 0 aliphatic heterocycles. The Hall–Kier alpha value is -3.93. The van der Waals surface area contributed by atoms with E-state index in [0.717, 1.165) is 141 Å². The minimum Gasteiger partial charge on any atom is -0.462 e. The lowest BCUT2D eigenvalue weighted by molar-refractivity contribution is -0.167. The van der Waals surface area contributed by atoms with Crippen LogP contribution in [0.15, 0.2) is 109 Å². The summed E-state index contributed by atoms with van der Waals surface area (Å²) in [7, 11) is 0. The molecular weight excluding hydrogens is 865 g/mol. The second-order valence-corrected chi connectivity index (χ2v) is 18.8. The fraction of sp³-hybridized carbons (Fsp3) is 0.672. The Morgan fingerprint density at radius 1 is 0.300 bits per heavy atom. The zero-order valence-electron chi connectivity index (χ0n) is 45.5. The van der Waals surface area contributed by atoms with Crippen molar-refractivity contribution in [3.63, 3.8) is 0 Å². The van der Waals surface area contributed by atoms with Gasteiger partial charge in [-0.05, 0) is 116 Å². The van der Waals surface area contributed by atoms with E-state index in [-0.39, 0.29) is 31.1 Å². The molecule has 0 aromatic heterocycles. The number of esters is 3. The molecule has 0 aliphatic rings. The molecule has 398 valence electrons. The van der Waals surface area contributed by atoms with Gasteiger partial charge in [0.25, 0.3) is 0 Å². The zero-order chi connectivity index (χ0) is 50.7. The minimum absolute atomic E-state index is 0.0877. The highest BCUT2D eigenvalue weighted by Crippen LogP contribution is 2.14. The van der Waals surface area contributed by atoms with Crippen molar-refractivity contribution in [1.82, 2.24) is 0 Å². The molecular formula is C64H106O6. The van der Waals surface area contributed by atoms with E-state index in [2.05, 4.69) is 130 Å². The topological polar surface area (TPSA) is 78.9 Å². The number of carbonyl (C=O) groups excluding carboxylic acids is 3. The quantitative estimate of drug-likeness (QED) is 0.0262. The van der Waals surface area contributed by atoms with Crippen LogP contribution < -0.4 is 0 Å². The van der Waals surface area contributed by atoms with Crippen molar-refractivity contribution >= 4 is 17.9 Å². The number of ether oxygens (including phenoxy) is 3. The van der Waals surface area contributed by atoms with Crippen LogP contribution in [-0.4, -0.2) is 37.2 Å². The van der Waals surface area contributed by atoms with Gasteiger partial charge in [-0.3, -0.25) is 14.4 Å². The molecule has 0 bridgehead atoms. The highest BCUT2D eigenvalue weighted by Gasteiger charge is 2.19. The first-order chi connectivity index (χ1) is 34.5. The number of hydrogen-bond donors (Lipinski definition) is 0. The van der Waals surface area contributed by atoms with E-state index >= 15 is 0 Å². The van der Waals surface area contributed by atoms with Gasteiger partial charge in [-0.15, -0.1) is 0 Å². The van der Waals surface area contributed by atoms with Gasteiger partial charge in [-0.2, -0.15) is 0 Å². The Kier molecular flexibility index (Phi) is 54.4. The van der Waals surface area contributed by atoms with E-state index in [4.69, 9.17) is 14.2 Å². The average molecular weight is 972 g/mol. The molecule has 6 nitrogen and oxygen atoms in total. The van der Waals surface area contributed by atoms with E-state index < -0.39 is 6.10 Å². The molecule has 0 fully saturated rings. The summed E-state index contributed by atoms with van der Waals surface area (Å²) < 4.78 is 16.8. The predicted molar refractivity (Wildman–Crippen MR) is 302 cm³/mol. The van der Waals surface area contributed by atoms with Crippen molar-refractivity contribution in [3.05, 3.63) is 109 Å². The number of unbranched alkanes of at least 4 members (excludes halogenated alkanes) is 22. The fourth-order valence-electron chi connectivity index (χ4n) is 7.64. The summed E-state index contributed by atoms with van der Waals surface area (Å²) in [6, 6.07) is 0. The fourth-order valence-corrected chi connectivity index (χ4v) is 7.64. The molecule has 0 heterocycles. The zero-order valence-corrected chi connectivity index (χ0v) is 45.5. The summed E-state index contributed by atoms with van der Waals surface area (Å²) in [6.45, 7) is 6.40. The highest BCUT2D eigenvalue weighted by molar-refractivity contribution is 5.71. The predicted octanol–water partition coefficient (Wildman–Crippen LogP) is 19.5. The average Bonchev–Trinajstić information content (AvgIpc) is 3.36. The number of hydrogen-bond acceptors (Lipinski definition) is 6. The Labute approximate surface area is 431 Å². The van der Waals surface area contributed by atoms with E-state index in [0.29, 0.717) is 19.3 Å². The van der Waals surface area contributed by atoms with Crippen molar-refractivity contribution in [3.8, 4) is 0 Å². The second kappa shape index (κ2) is 57.6. The van der Waals surface area contributed by atoms with Crippen LogP contribution >= 0.6 is 0 Å². The molecule has 0 aromatic carbocycles. The lowest BCUT2D eigenvalue weighted by Gasteiger charge is -2.18. The van der Waals surface area contributed by atoms with Gasteiger partial charge >= 0.3 is 17.9 Å². The third-order valence-electron chi connectivity index (χ3n) is 12.0. The van der Waals surface area contributed by atoms with Gasteiger partial charge in [0.2, 0.25) is 0 Å². The SMILES string of the molecule is CC/C=C\C/C=C\C/C=C\C/C=C\C/C=C\C/C=C\C/C=C\CCCCCCCCCCCC(=O)OCC(COC(=O)CCCCCCC/C=C\CCC)OC(=O)CCCCCCC/C=C\CCCC. The monoisotopic (exact) mass is 971 g/mol. The van der Waals surface area contributed by atoms with Gasteiger partial charge in [0.1, 0.15) is 13.2 Å². The van der Waals surface area contributed by atoms with E-state index in [1.54, 1.807) is 0 Å². The maximum absolute atomic E-state index is 12.8. The second-order valence-electron chi connectivity index (χ2n) is 18.8. The molecule has 0 aromatic rings. The molecule has 0 saturated carbocycles. The van der Waals surface area contributed by atoms with Gasteiger partial charge in [-0.25, -0.2) is 0 Å². The van der Waals surface area contributed by atoms with Gasteiger partial charge in [-0.1, -0.05) is 233 Å². The van der Waals surface area contributed by atoms with Crippen LogP contribution in [0.4, 0.5) is 0 Å². The lowest BCUT2D eigenvalue weighted by atomic mass is 10.1. The molecule has 1 unspecified atom stereocenters. The third kappa shape index (κ3) is 55.0. The van der Waals surface area contributed by atoms with Crippen LogP contribution in [0.25, 0.3) is 0 Å². The molecule has 0 aliphatic carbocycles. The summed E-state index contributed by atoms with van der Waals surface area (Å²) in [4.78, 5) is 38.0. The van der Waals surface area contributed by atoms with Gasteiger partial charge < -0.3 is 14.2 Å². The molecule has 0 rings (SSSR count). The molecule has 0 saturated heterocycles. The molecule has 0 amide bonds. The first-order valence-corrected chi connectivity index (χ1v) is 28.9. The third-order valence-corrected chi connectivity index (χ3v) is 12.0. The van der Waals surface area contributed by atoms with Crippen LogP contribution in [0.3, 0.4) is 0 Å². The van der Waals surface area contributed by atoms with E-state index in [9.17, 15) is 14.4 Å². The maximum Gasteiger partial charge on any atom is 0.306 e. The van der Waals surface area contributed by atoms with Crippen molar-refractivity contribution in [2.24, 2.45) is 0 Å². The highest BCUT2D eigenvalue weighted by atomic mass is 16.6. The number of rotatable bonds is 51. The van der Waals surface area contributed by atoms with Crippen LogP contribution in [-0.2, 0) is 28.6 Å². The Morgan fingerprint density at radius 2 is 0.586 bits per heavy atom. The Bertz CT molecular complexity index is 1440. The largest absolute Gasteiger partial charge is 0.462 e. The molecule has 6 heteroatoms. The minimum atomic E-state index is -0.787. The van der Waals surface area contributed by atoms with Crippen LogP contribution in [0.2, 0.25) is 0 Å². The van der Waals surface area contributed by atoms with Crippen molar-refractivity contribution in [1.29, 1.82) is 0 Å². The number of carbonyl (C=O) groups is 3. The van der Waals surface area contributed by atoms with E-state index in [1.807, 2.05) is 0 Å². The summed E-state index contributed by atoms with van der Waals surface area (Å²) >= 11 is 0. The smallest absolute Gasteiger partial charge is 0.306 e. The van der Waals surface area contributed by atoms with Crippen LogP contribution in [0.5, 0.6) is 0 Å². The molecule has 70 heavy (non-hydrogen) atoms. The van der Waals surface area contributed by atoms with Gasteiger partial charge in [0, 0.05) is 19.3 Å². The Balaban J connectivity index is 4.17. The molecule has 0 spiro atoms. The van der Waals surface area contributed by atoms with Gasteiger partial charge in [0.05, 0.1) is 0 Å². The first kappa shape index (κ1) is 66.1. The maximum atomic E-state index is 12.8. The molecule has 1 atom stereocenters. The summed E-state index contributed by atoms with van der Waals surface area (Å²) in [6.07, 6.45) is 78.1. The summed E-state index contributed by atoms with van der Waals surface area (Å²) in [5.41, 5.74) is 0. The summed E-state index contributed by atoms with van der Waals surface area (Å²) in [5, 5.41) is 0. The van der Waals surface area contributed by atoms with Crippen molar-refractivity contribution < 1.29 is 28.6 Å². The summed E-state index contributed by atoms with van der Waals surface area (Å²) in [5.74, 6) is -0.916.